The zero-order valence-corrected chi connectivity index (χ0v) is 14.7. The van der Waals surface area contributed by atoms with Gasteiger partial charge in [0, 0.05) is 18.1 Å². The van der Waals surface area contributed by atoms with Gasteiger partial charge in [0.1, 0.15) is 5.69 Å². The second-order valence-corrected chi connectivity index (χ2v) is 6.82. The average Bonchev–Trinajstić information content (AvgIpc) is 3.38. The molecule has 0 saturated carbocycles. The van der Waals surface area contributed by atoms with E-state index in [0.717, 1.165) is 30.9 Å². The molecule has 1 fully saturated rings. The minimum absolute atomic E-state index is 0.0101. The SMILES string of the molecule is O=[N+]([O-])c1ccccc1N=c1scc(-c2ccco2)n1CC1CCCO1. The van der Waals surface area contributed by atoms with E-state index in [-0.39, 0.29) is 11.8 Å². The van der Waals surface area contributed by atoms with Crippen LogP contribution in [0.4, 0.5) is 11.4 Å². The highest BCUT2D eigenvalue weighted by atomic mass is 32.1. The molecule has 8 heteroatoms. The number of nitrogens with zero attached hydrogens (tertiary/aromatic N) is 3. The Kier molecular flexibility index (Phi) is 4.68. The summed E-state index contributed by atoms with van der Waals surface area (Å²) in [6.45, 7) is 1.40. The van der Waals surface area contributed by atoms with E-state index in [1.165, 1.54) is 17.4 Å². The molecule has 0 spiro atoms. The Balaban J connectivity index is 1.82. The molecule has 3 heterocycles. The highest BCUT2D eigenvalue weighted by Crippen LogP contribution is 2.27. The Morgan fingerprint density at radius 3 is 2.92 bits per heavy atom. The molecule has 0 amide bonds. The normalized spacial score (nSPS) is 17.7. The Morgan fingerprint density at radius 2 is 2.19 bits per heavy atom. The fourth-order valence-corrected chi connectivity index (χ4v) is 3.94. The number of para-hydroxylation sites is 2. The second-order valence-electron chi connectivity index (χ2n) is 5.98. The molecule has 1 atom stereocenters. The number of rotatable bonds is 5. The Labute approximate surface area is 153 Å². The number of nitro benzene ring substituents is 1. The molecule has 1 aromatic carbocycles. The van der Waals surface area contributed by atoms with Crippen LogP contribution in [-0.4, -0.2) is 22.2 Å². The first-order valence-corrected chi connectivity index (χ1v) is 9.22. The number of hydrogen-bond donors (Lipinski definition) is 0. The van der Waals surface area contributed by atoms with Crippen molar-refractivity contribution < 1.29 is 14.1 Å². The zero-order valence-electron chi connectivity index (χ0n) is 13.9. The summed E-state index contributed by atoms with van der Waals surface area (Å²) in [5.41, 5.74) is 1.23. The van der Waals surface area contributed by atoms with Crippen molar-refractivity contribution in [3.63, 3.8) is 0 Å². The smallest absolute Gasteiger partial charge is 0.294 e. The van der Waals surface area contributed by atoms with E-state index in [4.69, 9.17) is 9.15 Å². The molecule has 1 saturated heterocycles. The van der Waals surface area contributed by atoms with Crippen LogP contribution >= 0.6 is 11.3 Å². The molecule has 0 aliphatic carbocycles. The maximum atomic E-state index is 11.3. The molecule has 1 aliphatic heterocycles. The molecule has 134 valence electrons. The first-order chi connectivity index (χ1) is 12.7. The van der Waals surface area contributed by atoms with Crippen molar-refractivity contribution in [3.8, 4) is 11.5 Å². The van der Waals surface area contributed by atoms with Crippen LogP contribution in [0.1, 0.15) is 12.8 Å². The minimum atomic E-state index is -0.412. The molecule has 26 heavy (non-hydrogen) atoms. The van der Waals surface area contributed by atoms with Gasteiger partial charge in [0.25, 0.3) is 5.69 Å². The molecular weight excluding hydrogens is 354 g/mol. The Hall–Kier alpha value is -2.71. The Bertz CT molecular complexity index is 968. The van der Waals surface area contributed by atoms with E-state index in [9.17, 15) is 10.1 Å². The van der Waals surface area contributed by atoms with Crippen molar-refractivity contribution in [3.05, 3.63) is 63.0 Å². The van der Waals surface area contributed by atoms with Crippen LogP contribution in [-0.2, 0) is 11.3 Å². The lowest BCUT2D eigenvalue weighted by molar-refractivity contribution is -0.384. The third-order valence-corrected chi connectivity index (χ3v) is 5.14. The largest absolute Gasteiger partial charge is 0.463 e. The standard InChI is InChI=1S/C18H17N3O4S/c22-21(23)15-7-2-1-6-14(15)19-18-20(11-13-5-3-9-24-13)16(12-26-18)17-8-4-10-25-17/h1-2,4,6-8,10,12-13H,3,5,9,11H2. The van der Waals surface area contributed by atoms with Gasteiger partial charge in [0.2, 0.25) is 0 Å². The zero-order chi connectivity index (χ0) is 17.9. The van der Waals surface area contributed by atoms with Gasteiger partial charge in [-0.25, -0.2) is 4.99 Å². The summed E-state index contributed by atoms with van der Waals surface area (Å²) in [6.07, 6.45) is 3.78. The average molecular weight is 371 g/mol. The Morgan fingerprint density at radius 1 is 1.31 bits per heavy atom. The van der Waals surface area contributed by atoms with Gasteiger partial charge in [-0.15, -0.1) is 11.3 Å². The number of aromatic nitrogens is 1. The van der Waals surface area contributed by atoms with Gasteiger partial charge in [-0.2, -0.15) is 0 Å². The van der Waals surface area contributed by atoms with Crippen LogP contribution in [0.5, 0.6) is 0 Å². The summed E-state index contributed by atoms with van der Waals surface area (Å²) in [7, 11) is 0. The third kappa shape index (κ3) is 3.33. The highest BCUT2D eigenvalue weighted by molar-refractivity contribution is 7.07. The third-order valence-electron chi connectivity index (χ3n) is 4.28. The molecule has 4 rings (SSSR count). The summed E-state index contributed by atoms with van der Waals surface area (Å²) in [5, 5.41) is 13.2. The summed E-state index contributed by atoms with van der Waals surface area (Å²) in [4.78, 5) is 16.1. The fourth-order valence-electron chi connectivity index (χ4n) is 3.03. The monoisotopic (exact) mass is 371 g/mol. The van der Waals surface area contributed by atoms with Crippen LogP contribution < -0.4 is 4.80 Å². The van der Waals surface area contributed by atoms with Crippen LogP contribution in [0, 0.1) is 10.1 Å². The van der Waals surface area contributed by atoms with E-state index in [2.05, 4.69) is 4.99 Å². The fraction of sp³-hybridized carbons (Fsp3) is 0.278. The topological polar surface area (TPSA) is 82.8 Å². The molecular formula is C18H17N3O4S. The van der Waals surface area contributed by atoms with Crippen LogP contribution in [0.15, 0.2) is 57.5 Å². The quantitative estimate of drug-likeness (QED) is 0.499. The lowest BCUT2D eigenvalue weighted by Crippen LogP contribution is -2.23. The van der Waals surface area contributed by atoms with Crippen molar-refractivity contribution in [2.45, 2.75) is 25.5 Å². The predicted octanol–water partition coefficient (Wildman–Crippen LogP) is 4.13. The van der Waals surface area contributed by atoms with E-state index in [1.54, 1.807) is 24.5 Å². The summed E-state index contributed by atoms with van der Waals surface area (Å²) in [6, 6.07) is 10.2. The second kappa shape index (κ2) is 7.27. The predicted molar refractivity (Wildman–Crippen MR) is 97.3 cm³/mol. The lowest BCUT2D eigenvalue weighted by Gasteiger charge is -2.12. The van der Waals surface area contributed by atoms with E-state index < -0.39 is 4.92 Å². The van der Waals surface area contributed by atoms with Crippen molar-refractivity contribution in [2.24, 2.45) is 4.99 Å². The van der Waals surface area contributed by atoms with Crippen molar-refractivity contribution in [1.29, 1.82) is 0 Å². The van der Waals surface area contributed by atoms with Crippen molar-refractivity contribution in [2.75, 3.05) is 6.61 Å². The number of furan rings is 1. The molecule has 0 radical (unpaired) electrons. The van der Waals surface area contributed by atoms with Crippen LogP contribution in [0.2, 0.25) is 0 Å². The van der Waals surface area contributed by atoms with Crippen molar-refractivity contribution >= 4 is 22.7 Å². The van der Waals surface area contributed by atoms with E-state index in [0.29, 0.717) is 17.0 Å². The molecule has 2 aromatic heterocycles. The van der Waals surface area contributed by atoms with Crippen LogP contribution in [0.25, 0.3) is 11.5 Å². The molecule has 7 nitrogen and oxygen atoms in total. The van der Waals surface area contributed by atoms with Crippen LogP contribution in [0.3, 0.4) is 0 Å². The number of hydrogen-bond acceptors (Lipinski definition) is 6. The van der Waals surface area contributed by atoms with E-state index in [1.807, 2.05) is 22.1 Å². The highest BCUT2D eigenvalue weighted by Gasteiger charge is 2.20. The molecule has 1 unspecified atom stereocenters. The molecule has 3 aromatic rings. The van der Waals surface area contributed by atoms with Gasteiger partial charge in [-0.05, 0) is 31.0 Å². The maximum absolute atomic E-state index is 11.3. The van der Waals surface area contributed by atoms with Gasteiger partial charge in [0.05, 0.1) is 29.5 Å². The van der Waals surface area contributed by atoms with Gasteiger partial charge >= 0.3 is 0 Å². The number of nitro groups is 1. The number of thiazole rings is 1. The van der Waals surface area contributed by atoms with E-state index >= 15 is 0 Å². The first-order valence-electron chi connectivity index (χ1n) is 8.34. The van der Waals surface area contributed by atoms with Gasteiger partial charge < -0.3 is 13.7 Å². The summed E-state index contributed by atoms with van der Waals surface area (Å²) in [5.74, 6) is 0.739. The molecule has 0 N–H and O–H groups in total. The molecule has 1 aliphatic rings. The van der Waals surface area contributed by atoms with Gasteiger partial charge in [-0.1, -0.05) is 12.1 Å². The van der Waals surface area contributed by atoms with Gasteiger partial charge in [0.15, 0.2) is 10.6 Å². The van der Waals surface area contributed by atoms with Gasteiger partial charge in [-0.3, -0.25) is 10.1 Å². The number of benzene rings is 1. The first kappa shape index (κ1) is 16.7. The minimum Gasteiger partial charge on any atom is -0.463 e. The summed E-state index contributed by atoms with van der Waals surface area (Å²) >= 11 is 1.43. The summed E-state index contributed by atoms with van der Waals surface area (Å²) < 4.78 is 13.3. The van der Waals surface area contributed by atoms with Crippen molar-refractivity contribution in [1.82, 2.24) is 4.57 Å². The maximum Gasteiger partial charge on any atom is 0.294 e. The lowest BCUT2D eigenvalue weighted by atomic mass is 10.2. The number of ether oxygens (including phenoxy) is 1. The molecule has 0 bridgehead atoms.